The van der Waals surface area contributed by atoms with E-state index in [4.69, 9.17) is 21.3 Å². The third kappa shape index (κ3) is 5.16. The van der Waals surface area contributed by atoms with Gasteiger partial charge < -0.3 is 10.1 Å². The summed E-state index contributed by atoms with van der Waals surface area (Å²) in [6, 6.07) is 16.3. The molecule has 3 aromatic rings. The average molecular weight is 437 g/mol. The number of aromatic nitrogens is 1. The van der Waals surface area contributed by atoms with E-state index in [9.17, 15) is 0 Å². The molecule has 1 N–H and O–H groups in total. The lowest BCUT2D eigenvalue weighted by Crippen LogP contribution is -2.01. The zero-order chi connectivity index (χ0) is 20.9. The minimum absolute atomic E-state index is 0.312. The molecule has 1 saturated carbocycles. The van der Waals surface area contributed by atoms with Crippen LogP contribution < -0.4 is 10.1 Å². The van der Waals surface area contributed by atoms with Crippen LogP contribution in [0.15, 0.2) is 48.5 Å². The maximum atomic E-state index is 6.43. The molecule has 1 aliphatic carbocycles. The summed E-state index contributed by atoms with van der Waals surface area (Å²) in [7, 11) is 1.63. The number of thiazole rings is 1. The summed E-state index contributed by atoms with van der Waals surface area (Å²) in [5.74, 6) is 8.70. The largest absolute Gasteiger partial charge is 0.497 e. The normalized spacial score (nSPS) is 14.0. The third-order valence-electron chi connectivity index (χ3n) is 5.30. The summed E-state index contributed by atoms with van der Waals surface area (Å²) >= 11 is 8.06. The van der Waals surface area contributed by atoms with Gasteiger partial charge in [0.05, 0.1) is 24.4 Å². The fraction of sp³-hybridized carbons (Fsp3) is 0.320. The van der Waals surface area contributed by atoms with Crippen LogP contribution in [0.1, 0.15) is 35.6 Å². The molecule has 1 fully saturated rings. The van der Waals surface area contributed by atoms with Gasteiger partial charge in [0.25, 0.3) is 0 Å². The highest BCUT2D eigenvalue weighted by atomic mass is 35.5. The number of rotatable bonds is 7. The lowest BCUT2D eigenvalue weighted by atomic mass is 9.94. The molecular formula is C25H25ClN2OS. The van der Waals surface area contributed by atoms with Crippen LogP contribution in [0.2, 0.25) is 5.02 Å². The van der Waals surface area contributed by atoms with E-state index >= 15 is 0 Å². The number of anilines is 1. The smallest absolute Gasteiger partial charge is 0.184 e. The highest BCUT2D eigenvalue weighted by molar-refractivity contribution is 7.16. The molecule has 2 aromatic carbocycles. The summed E-state index contributed by atoms with van der Waals surface area (Å²) in [5, 5.41) is 4.86. The van der Waals surface area contributed by atoms with Crippen molar-refractivity contribution in [1.82, 2.24) is 4.98 Å². The molecule has 30 heavy (non-hydrogen) atoms. The number of nitrogens with one attached hydrogen (secondary N) is 1. The standard InChI is InChI=1S/C25H25ClN2OS/c1-17-24(22-13-12-21(29-2)16-23(22)26)28-25(30-17)27-14-6-9-20(15-18-10-11-18)19-7-4-3-5-8-19/h3-5,7-8,12-13,16,18,20H,10-11,14-15H2,1-2H3,(H,27,28)/t20-/m0/s1. The van der Waals surface area contributed by atoms with Crippen molar-refractivity contribution in [2.45, 2.75) is 32.1 Å². The maximum Gasteiger partial charge on any atom is 0.184 e. The van der Waals surface area contributed by atoms with E-state index in [2.05, 4.69) is 54.4 Å². The third-order valence-corrected chi connectivity index (χ3v) is 6.54. The van der Waals surface area contributed by atoms with Crippen molar-refractivity contribution in [2.24, 2.45) is 5.92 Å². The number of aryl methyl sites for hydroxylation is 1. The van der Waals surface area contributed by atoms with Crippen LogP contribution in [0.25, 0.3) is 11.3 Å². The second-order valence-corrected chi connectivity index (χ2v) is 9.20. The molecule has 0 unspecified atom stereocenters. The summed E-state index contributed by atoms with van der Waals surface area (Å²) in [6.45, 7) is 2.64. The minimum Gasteiger partial charge on any atom is -0.497 e. The lowest BCUT2D eigenvalue weighted by molar-refractivity contribution is 0.415. The highest BCUT2D eigenvalue weighted by Gasteiger charge is 2.25. The van der Waals surface area contributed by atoms with E-state index in [0.29, 0.717) is 17.5 Å². The summed E-state index contributed by atoms with van der Waals surface area (Å²) in [6.07, 6.45) is 3.85. The molecule has 0 radical (unpaired) electrons. The van der Waals surface area contributed by atoms with Gasteiger partial charge in [-0.3, -0.25) is 0 Å². The predicted molar refractivity (Wildman–Crippen MR) is 127 cm³/mol. The Morgan fingerprint density at radius 3 is 2.73 bits per heavy atom. The van der Waals surface area contributed by atoms with Crippen molar-refractivity contribution >= 4 is 28.1 Å². The monoisotopic (exact) mass is 436 g/mol. The molecule has 1 atom stereocenters. The Labute approximate surface area is 187 Å². The molecule has 0 bridgehead atoms. The van der Waals surface area contributed by atoms with Crippen LogP contribution in [0.3, 0.4) is 0 Å². The van der Waals surface area contributed by atoms with Crippen molar-refractivity contribution in [1.29, 1.82) is 0 Å². The zero-order valence-corrected chi connectivity index (χ0v) is 18.8. The summed E-state index contributed by atoms with van der Waals surface area (Å²) in [5.41, 5.74) is 3.14. The summed E-state index contributed by atoms with van der Waals surface area (Å²) < 4.78 is 5.24. The van der Waals surface area contributed by atoms with Crippen LogP contribution in [-0.4, -0.2) is 18.6 Å². The van der Waals surface area contributed by atoms with Gasteiger partial charge in [-0.1, -0.05) is 66.6 Å². The van der Waals surface area contributed by atoms with Crippen molar-refractivity contribution < 1.29 is 4.74 Å². The Balaban J connectivity index is 1.43. The Morgan fingerprint density at radius 1 is 1.23 bits per heavy atom. The minimum atomic E-state index is 0.312. The quantitative estimate of drug-likeness (QED) is 0.414. The molecule has 154 valence electrons. The van der Waals surface area contributed by atoms with Gasteiger partial charge in [-0.15, -0.1) is 11.3 Å². The fourth-order valence-electron chi connectivity index (χ4n) is 3.48. The molecule has 1 aliphatic rings. The number of benzene rings is 2. The van der Waals surface area contributed by atoms with E-state index in [0.717, 1.165) is 39.4 Å². The first kappa shape index (κ1) is 20.8. The molecule has 5 heteroatoms. The zero-order valence-electron chi connectivity index (χ0n) is 17.2. The Bertz CT molecular complexity index is 1060. The number of halogens is 1. The van der Waals surface area contributed by atoms with Crippen LogP contribution in [0.4, 0.5) is 5.13 Å². The number of hydrogen-bond donors (Lipinski definition) is 1. The van der Waals surface area contributed by atoms with Crippen molar-refractivity contribution in [3.05, 3.63) is 64.0 Å². The number of hydrogen-bond acceptors (Lipinski definition) is 4. The van der Waals surface area contributed by atoms with Crippen molar-refractivity contribution in [2.75, 3.05) is 19.0 Å². The first-order valence-electron chi connectivity index (χ1n) is 10.2. The Kier molecular flexibility index (Phi) is 6.62. The Hall–Kier alpha value is -2.48. The van der Waals surface area contributed by atoms with Gasteiger partial charge in [-0.25, -0.2) is 4.98 Å². The second kappa shape index (κ2) is 9.55. The first-order valence-corrected chi connectivity index (χ1v) is 11.4. The van der Waals surface area contributed by atoms with Gasteiger partial charge in [0, 0.05) is 16.4 Å². The molecule has 0 spiro atoms. The first-order chi connectivity index (χ1) is 14.6. The SMILES string of the molecule is COc1ccc(-c2nc(NCC#C[C@@H](CC3CC3)c3ccccc3)sc2C)c(Cl)c1. The molecule has 3 nitrogen and oxygen atoms in total. The van der Waals surface area contributed by atoms with Crippen LogP contribution >= 0.6 is 22.9 Å². The lowest BCUT2D eigenvalue weighted by Gasteiger charge is -2.10. The van der Waals surface area contributed by atoms with Gasteiger partial charge in [-0.2, -0.15) is 0 Å². The van der Waals surface area contributed by atoms with Crippen LogP contribution in [0, 0.1) is 24.7 Å². The van der Waals surface area contributed by atoms with Gasteiger partial charge in [-0.05, 0) is 43.0 Å². The van der Waals surface area contributed by atoms with E-state index < -0.39 is 0 Å². The van der Waals surface area contributed by atoms with Gasteiger partial charge in [0.2, 0.25) is 0 Å². The van der Waals surface area contributed by atoms with Gasteiger partial charge in [0.15, 0.2) is 5.13 Å². The predicted octanol–water partition coefficient (Wildman–Crippen LogP) is 6.78. The molecule has 1 heterocycles. The number of nitrogens with zero attached hydrogens (tertiary/aromatic N) is 1. The van der Waals surface area contributed by atoms with E-state index in [1.807, 2.05) is 18.2 Å². The summed E-state index contributed by atoms with van der Waals surface area (Å²) in [4.78, 5) is 5.86. The molecule has 1 aromatic heterocycles. The van der Waals surface area contributed by atoms with E-state index in [1.165, 1.54) is 18.4 Å². The highest BCUT2D eigenvalue weighted by Crippen LogP contribution is 2.38. The topological polar surface area (TPSA) is 34.1 Å². The molecule has 0 saturated heterocycles. The van der Waals surface area contributed by atoms with E-state index in [1.54, 1.807) is 18.4 Å². The van der Waals surface area contributed by atoms with E-state index in [-0.39, 0.29) is 0 Å². The number of methoxy groups -OCH3 is 1. The second-order valence-electron chi connectivity index (χ2n) is 7.59. The average Bonchev–Trinajstić information content (AvgIpc) is 3.51. The van der Waals surface area contributed by atoms with Gasteiger partial charge >= 0.3 is 0 Å². The fourth-order valence-corrected chi connectivity index (χ4v) is 4.56. The number of ether oxygens (including phenoxy) is 1. The van der Waals surface area contributed by atoms with Crippen LogP contribution in [0.5, 0.6) is 5.75 Å². The van der Waals surface area contributed by atoms with Crippen molar-refractivity contribution in [3.63, 3.8) is 0 Å². The molecule has 0 amide bonds. The molecule has 4 rings (SSSR count). The molecular weight excluding hydrogens is 412 g/mol. The maximum absolute atomic E-state index is 6.43. The van der Waals surface area contributed by atoms with Crippen molar-refractivity contribution in [3.8, 4) is 28.8 Å². The molecule has 0 aliphatic heterocycles. The van der Waals surface area contributed by atoms with Gasteiger partial charge in [0.1, 0.15) is 5.75 Å². The Morgan fingerprint density at radius 2 is 2.03 bits per heavy atom. The van der Waals surface area contributed by atoms with Crippen LogP contribution in [-0.2, 0) is 0 Å².